The molecule has 0 radical (unpaired) electrons. The second kappa shape index (κ2) is 8.77. The zero-order valence-electron chi connectivity index (χ0n) is 15.1. The van der Waals surface area contributed by atoms with Gasteiger partial charge in [0.05, 0.1) is 12.7 Å². The molecule has 1 aliphatic rings. The number of halogens is 1. The summed E-state index contributed by atoms with van der Waals surface area (Å²) in [5.41, 5.74) is 0.533. The van der Waals surface area contributed by atoms with Crippen LogP contribution in [0.4, 0.5) is 0 Å². The average molecular weight is 389 g/mol. The van der Waals surface area contributed by atoms with E-state index in [1.165, 1.54) is 0 Å². The van der Waals surface area contributed by atoms with E-state index in [0.29, 0.717) is 48.3 Å². The van der Waals surface area contributed by atoms with E-state index in [1.54, 1.807) is 53.3 Å². The van der Waals surface area contributed by atoms with Gasteiger partial charge >= 0.3 is 0 Å². The summed E-state index contributed by atoms with van der Waals surface area (Å²) in [6.45, 7) is 1.86. The lowest BCUT2D eigenvalue weighted by Gasteiger charge is -2.35. The second-order valence-electron chi connectivity index (χ2n) is 6.12. The Hall–Kier alpha value is -2.73. The Morgan fingerprint density at radius 1 is 0.963 bits per heavy atom. The molecular weight excluding hydrogens is 368 g/mol. The maximum atomic E-state index is 12.7. The van der Waals surface area contributed by atoms with Crippen molar-refractivity contribution in [2.24, 2.45) is 0 Å². The van der Waals surface area contributed by atoms with Crippen LogP contribution in [-0.2, 0) is 4.79 Å². The van der Waals surface area contributed by atoms with Gasteiger partial charge in [0, 0.05) is 31.2 Å². The lowest BCUT2D eigenvalue weighted by Crippen LogP contribution is -2.51. The van der Waals surface area contributed by atoms with Crippen LogP contribution >= 0.6 is 11.6 Å². The minimum Gasteiger partial charge on any atom is -0.496 e. The molecule has 3 rings (SSSR count). The van der Waals surface area contributed by atoms with Crippen molar-refractivity contribution in [1.29, 1.82) is 0 Å². The van der Waals surface area contributed by atoms with Crippen molar-refractivity contribution in [3.8, 4) is 11.5 Å². The minimum atomic E-state index is -0.102. The second-order valence-corrected chi connectivity index (χ2v) is 6.55. The van der Waals surface area contributed by atoms with E-state index < -0.39 is 0 Å². The molecule has 0 spiro atoms. The predicted molar refractivity (Wildman–Crippen MR) is 102 cm³/mol. The molecule has 0 saturated carbocycles. The number of para-hydroxylation sites is 1. The number of hydrogen-bond acceptors (Lipinski definition) is 4. The minimum absolute atomic E-state index is 0.0396. The summed E-state index contributed by atoms with van der Waals surface area (Å²) in [5.74, 6) is 0.960. The molecule has 0 N–H and O–H groups in total. The van der Waals surface area contributed by atoms with Crippen LogP contribution in [0, 0.1) is 0 Å². The smallest absolute Gasteiger partial charge is 0.260 e. The number of carbonyl (C=O) groups is 2. The molecule has 1 heterocycles. The van der Waals surface area contributed by atoms with Crippen LogP contribution in [0.15, 0.2) is 48.5 Å². The number of nitrogens with zero attached hydrogens (tertiary/aromatic N) is 2. The van der Waals surface area contributed by atoms with Crippen molar-refractivity contribution < 1.29 is 19.1 Å². The first kappa shape index (κ1) is 19.0. The Kier molecular flexibility index (Phi) is 6.19. The molecule has 2 aromatic carbocycles. The number of carbonyl (C=O) groups excluding carboxylic acids is 2. The highest BCUT2D eigenvalue weighted by molar-refractivity contribution is 6.30. The van der Waals surface area contributed by atoms with E-state index in [-0.39, 0.29) is 18.4 Å². The van der Waals surface area contributed by atoms with E-state index in [9.17, 15) is 9.59 Å². The largest absolute Gasteiger partial charge is 0.496 e. The van der Waals surface area contributed by atoms with Gasteiger partial charge in [0.2, 0.25) is 0 Å². The van der Waals surface area contributed by atoms with Gasteiger partial charge in [-0.25, -0.2) is 0 Å². The van der Waals surface area contributed by atoms with Crippen LogP contribution in [-0.4, -0.2) is 61.5 Å². The van der Waals surface area contributed by atoms with Gasteiger partial charge in [0.1, 0.15) is 11.5 Å². The lowest BCUT2D eigenvalue weighted by molar-refractivity contribution is -0.134. The number of benzene rings is 2. The van der Waals surface area contributed by atoms with Crippen molar-refractivity contribution in [2.45, 2.75) is 0 Å². The Labute approximate surface area is 163 Å². The van der Waals surface area contributed by atoms with E-state index >= 15 is 0 Å². The Balaban J connectivity index is 1.51. The average Bonchev–Trinajstić information content (AvgIpc) is 2.72. The molecular formula is C20H21ClN2O4. The van der Waals surface area contributed by atoms with Crippen LogP contribution in [0.5, 0.6) is 11.5 Å². The van der Waals surface area contributed by atoms with E-state index in [0.717, 1.165) is 0 Å². The summed E-state index contributed by atoms with van der Waals surface area (Å²) in [6, 6.07) is 14.0. The van der Waals surface area contributed by atoms with Gasteiger partial charge in [-0.1, -0.05) is 23.7 Å². The standard InChI is InChI=1S/C20H21ClN2O4/c1-26-18-5-3-2-4-17(18)20(25)23-12-10-22(11-13-23)19(24)14-27-16-8-6-15(21)7-9-16/h2-9H,10-14H2,1H3. The molecule has 0 bridgehead atoms. The Bertz CT molecular complexity index is 802. The number of rotatable bonds is 5. The third kappa shape index (κ3) is 4.71. The molecule has 27 heavy (non-hydrogen) atoms. The molecule has 2 amide bonds. The van der Waals surface area contributed by atoms with Crippen LogP contribution in [0.3, 0.4) is 0 Å². The Morgan fingerprint density at radius 3 is 2.26 bits per heavy atom. The highest BCUT2D eigenvalue weighted by Gasteiger charge is 2.26. The van der Waals surface area contributed by atoms with E-state index in [2.05, 4.69) is 0 Å². The fourth-order valence-electron chi connectivity index (χ4n) is 2.92. The number of methoxy groups -OCH3 is 1. The monoisotopic (exact) mass is 388 g/mol. The first-order chi connectivity index (χ1) is 13.1. The van der Waals surface area contributed by atoms with Crippen molar-refractivity contribution in [1.82, 2.24) is 9.80 Å². The van der Waals surface area contributed by atoms with Gasteiger partial charge in [0.25, 0.3) is 11.8 Å². The summed E-state index contributed by atoms with van der Waals surface area (Å²) in [6.07, 6.45) is 0. The van der Waals surface area contributed by atoms with Gasteiger partial charge in [-0.2, -0.15) is 0 Å². The quantitative estimate of drug-likeness (QED) is 0.790. The van der Waals surface area contributed by atoms with Crippen molar-refractivity contribution >= 4 is 23.4 Å². The molecule has 1 saturated heterocycles. The van der Waals surface area contributed by atoms with Gasteiger partial charge < -0.3 is 19.3 Å². The third-order valence-corrected chi connectivity index (χ3v) is 4.68. The van der Waals surface area contributed by atoms with Crippen molar-refractivity contribution in [3.63, 3.8) is 0 Å². The summed E-state index contributed by atoms with van der Waals surface area (Å²) >= 11 is 5.83. The number of ether oxygens (including phenoxy) is 2. The zero-order chi connectivity index (χ0) is 19.2. The lowest BCUT2D eigenvalue weighted by atomic mass is 10.1. The predicted octanol–water partition coefficient (Wildman–Crippen LogP) is 2.71. The van der Waals surface area contributed by atoms with E-state index in [4.69, 9.17) is 21.1 Å². The molecule has 7 heteroatoms. The van der Waals surface area contributed by atoms with Gasteiger partial charge in [0.15, 0.2) is 6.61 Å². The zero-order valence-corrected chi connectivity index (χ0v) is 15.8. The maximum Gasteiger partial charge on any atom is 0.260 e. The maximum absolute atomic E-state index is 12.7. The van der Waals surface area contributed by atoms with Gasteiger partial charge in [-0.3, -0.25) is 9.59 Å². The SMILES string of the molecule is COc1ccccc1C(=O)N1CCN(C(=O)COc2ccc(Cl)cc2)CC1. The molecule has 1 aliphatic heterocycles. The van der Waals surface area contributed by atoms with Gasteiger partial charge in [-0.15, -0.1) is 0 Å². The molecule has 0 unspecified atom stereocenters. The topological polar surface area (TPSA) is 59.1 Å². The Morgan fingerprint density at radius 2 is 1.59 bits per heavy atom. The molecule has 142 valence electrons. The first-order valence-electron chi connectivity index (χ1n) is 8.67. The fraction of sp³-hybridized carbons (Fsp3) is 0.300. The number of piperazine rings is 1. The molecule has 6 nitrogen and oxygen atoms in total. The van der Waals surface area contributed by atoms with Crippen LogP contribution in [0.25, 0.3) is 0 Å². The number of hydrogen-bond donors (Lipinski definition) is 0. The van der Waals surface area contributed by atoms with Crippen LogP contribution in [0.1, 0.15) is 10.4 Å². The van der Waals surface area contributed by atoms with Gasteiger partial charge in [-0.05, 0) is 36.4 Å². The van der Waals surface area contributed by atoms with Crippen molar-refractivity contribution in [3.05, 3.63) is 59.1 Å². The molecule has 0 atom stereocenters. The van der Waals surface area contributed by atoms with E-state index in [1.807, 2.05) is 12.1 Å². The summed E-state index contributed by atoms with van der Waals surface area (Å²) in [7, 11) is 1.55. The fourth-order valence-corrected chi connectivity index (χ4v) is 3.04. The van der Waals surface area contributed by atoms with Crippen LogP contribution < -0.4 is 9.47 Å². The number of amides is 2. The highest BCUT2D eigenvalue weighted by Crippen LogP contribution is 2.20. The molecule has 0 aromatic heterocycles. The highest BCUT2D eigenvalue weighted by atomic mass is 35.5. The summed E-state index contributed by atoms with van der Waals surface area (Å²) in [4.78, 5) is 28.5. The summed E-state index contributed by atoms with van der Waals surface area (Å²) in [5, 5.41) is 0.615. The first-order valence-corrected chi connectivity index (χ1v) is 9.04. The van der Waals surface area contributed by atoms with Crippen molar-refractivity contribution in [2.75, 3.05) is 39.9 Å². The third-order valence-electron chi connectivity index (χ3n) is 4.43. The van der Waals surface area contributed by atoms with Crippen LogP contribution in [0.2, 0.25) is 5.02 Å². The molecule has 2 aromatic rings. The normalized spacial score (nSPS) is 14.0. The summed E-state index contributed by atoms with van der Waals surface area (Å²) < 4.78 is 10.8. The molecule has 1 fully saturated rings. The molecule has 0 aliphatic carbocycles.